The monoisotopic (exact) mass is 500 g/mol. The summed E-state index contributed by atoms with van der Waals surface area (Å²) in [6.07, 6.45) is 0.664. The predicted molar refractivity (Wildman–Crippen MR) is 132 cm³/mol. The molecule has 10 heteroatoms. The number of amides is 2. The van der Waals surface area contributed by atoms with Crippen molar-refractivity contribution in [1.29, 1.82) is 0 Å². The molecule has 2 heterocycles. The Labute approximate surface area is 206 Å². The molecule has 188 valence electrons. The molecular formula is C25H32N4O5S. The zero-order chi connectivity index (χ0) is 25.2. The van der Waals surface area contributed by atoms with E-state index < -0.39 is 15.6 Å². The van der Waals surface area contributed by atoms with Gasteiger partial charge in [-0.05, 0) is 63.1 Å². The molecule has 0 aromatic heterocycles. The van der Waals surface area contributed by atoms with E-state index in [0.29, 0.717) is 18.6 Å². The van der Waals surface area contributed by atoms with Gasteiger partial charge < -0.3 is 19.9 Å². The number of sulfonamides is 1. The summed E-state index contributed by atoms with van der Waals surface area (Å²) in [6.45, 7) is 4.40. The van der Waals surface area contributed by atoms with Crippen LogP contribution in [0.5, 0.6) is 5.75 Å². The molecule has 9 nitrogen and oxygen atoms in total. The predicted octanol–water partition coefficient (Wildman–Crippen LogP) is 2.05. The summed E-state index contributed by atoms with van der Waals surface area (Å²) >= 11 is 0. The molecule has 2 aliphatic heterocycles. The third-order valence-electron chi connectivity index (χ3n) is 6.61. The van der Waals surface area contributed by atoms with Gasteiger partial charge in [-0.15, -0.1) is 0 Å². The van der Waals surface area contributed by atoms with Crippen molar-refractivity contribution in [2.45, 2.75) is 43.2 Å². The number of benzene rings is 2. The molecule has 0 bridgehead atoms. The summed E-state index contributed by atoms with van der Waals surface area (Å²) < 4.78 is 33.1. The molecule has 2 saturated heterocycles. The maximum absolute atomic E-state index is 13.7. The average molecular weight is 501 g/mol. The Balaban J connectivity index is 1.57. The molecule has 35 heavy (non-hydrogen) atoms. The highest BCUT2D eigenvalue weighted by Gasteiger charge is 2.55. The Morgan fingerprint density at radius 3 is 2.26 bits per heavy atom. The van der Waals surface area contributed by atoms with Gasteiger partial charge in [-0.2, -0.15) is 4.31 Å². The van der Waals surface area contributed by atoms with Crippen LogP contribution in [-0.2, 0) is 19.6 Å². The van der Waals surface area contributed by atoms with Crippen LogP contribution in [0, 0.1) is 0 Å². The van der Waals surface area contributed by atoms with Gasteiger partial charge in [-0.25, -0.2) is 8.42 Å². The summed E-state index contributed by atoms with van der Waals surface area (Å²) in [7, 11) is -2.18. The second kappa shape index (κ2) is 9.87. The van der Waals surface area contributed by atoms with Crippen molar-refractivity contribution in [1.82, 2.24) is 14.5 Å². The van der Waals surface area contributed by atoms with Gasteiger partial charge >= 0.3 is 0 Å². The number of rotatable bonds is 7. The molecule has 1 N–H and O–H groups in total. The Morgan fingerprint density at radius 2 is 1.69 bits per heavy atom. The summed E-state index contributed by atoms with van der Waals surface area (Å²) in [4.78, 5) is 29.9. The summed E-state index contributed by atoms with van der Waals surface area (Å²) in [5, 5.41) is 2.84. The lowest BCUT2D eigenvalue weighted by atomic mass is 9.86. The molecule has 0 saturated carbocycles. The minimum absolute atomic E-state index is 0.0224. The van der Waals surface area contributed by atoms with Crippen molar-refractivity contribution < 1.29 is 22.7 Å². The fourth-order valence-electron chi connectivity index (χ4n) is 4.86. The van der Waals surface area contributed by atoms with E-state index in [0.717, 1.165) is 5.69 Å². The molecule has 0 radical (unpaired) electrons. The number of ether oxygens (including phenoxy) is 1. The summed E-state index contributed by atoms with van der Waals surface area (Å²) in [5.41, 5.74) is -0.0233. The van der Waals surface area contributed by atoms with Gasteiger partial charge in [0.25, 0.3) is 0 Å². The number of para-hydroxylation sites is 1. The molecule has 2 aliphatic rings. The highest BCUT2D eigenvalue weighted by molar-refractivity contribution is 7.89. The fourth-order valence-corrected chi connectivity index (χ4v) is 6.30. The lowest BCUT2D eigenvalue weighted by molar-refractivity contribution is -0.137. The minimum atomic E-state index is -3.71. The largest absolute Gasteiger partial charge is 0.497 e. The van der Waals surface area contributed by atoms with Gasteiger partial charge in [-0.3, -0.25) is 9.59 Å². The van der Waals surface area contributed by atoms with Crippen LogP contribution >= 0.6 is 0 Å². The lowest BCUT2D eigenvalue weighted by Gasteiger charge is -2.42. The van der Waals surface area contributed by atoms with E-state index in [1.54, 1.807) is 17.0 Å². The van der Waals surface area contributed by atoms with E-state index in [1.807, 2.05) is 49.1 Å². The van der Waals surface area contributed by atoms with Gasteiger partial charge in [0.05, 0.1) is 18.7 Å². The summed E-state index contributed by atoms with van der Waals surface area (Å²) in [5.74, 6) is 0.234. The number of carbonyl (C=O) groups excluding carboxylic acids is 2. The van der Waals surface area contributed by atoms with Crippen molar-refractivity contribution in [3.8, 4) is 5.75 Å². The standard InChI is InChI=1S/C25H32N4O5S/c1-19(2)26-23(30)17-27-18-29(20-7-5-4-6-8-20)25(24(27)31)13-15-28(16-14-25)35(32,33)22-11-9-21(34-3)10-12-22/h4-12,19H,13-18H2,1-3H3,(H,26,30). The Hall–Kier alpha value is -3.11. The first kappa shape index (κ1) is 25.0. The number of carbonyl (C=O) groups is 2. The minimum Gasteiger partial charge on any atom is -0.497 e. The zero-order valence-corrected chi connectivity index (χ0v) is 21.1. The second-order valence-electron chi connectivity index (χ2n) is 9.24. The van der Waals surface area contributed by atoms with E-state index in [-0.39, 0.29) is 49.1 Å². The number of nitrogens with one attached hydrogen (secondary N) is 1. The van der Waals surface area contributed by atoms with Crippen LogP contribution in [-0.4, -0.2) is 74.4 Å². The molecule has 2 amide bonds. The van der Waals surface area contributed by atoms with Gasteiger partial charge in [0, 0.05) is 24.8 Å². The van der Waals surface area contributed by atoms with Gasteiger partial charge in [0.2, 0.25) is 21.8 Å². The number of anilines is 1. The van der Waals surface area contributed by atoms with Crippen LogP contribution in [0.2, 0.25) is 0 Å². The number of nitrogens with zero attached hydrogens (tertiary/aromatic N) is 3. The van der Waals surface area contributed by atoms with Crippen molar-refractivity contribution >= 4 is 27.5 Å². The molecule has 0 unspecified atom stereocenters. The van der Waals surface area contributed by atoms with E-state index in [1.165, 1.54) is 23.5 Å². The smallest absolute Gasteiger partial charge is 0.250 e. The molecule has 1 spiro atoms. The zero-order valence-electron chi connectivity index (χ0n) is 20.3. The maximum atomic E-state index is 13.7. The van der Waals surface area contributed by atoms with Crippen molar-refractivity contribution in [2.75, 3.05) is 38.3 Å². The number of hydrogen-bond acceptors (Lipinski definition) is 6. The first-order valence-corrected chi connectivity index (χ1v) is 13.2. The summed E-state index contributed by atoms with van der Waals surface area (Å²) in [6, 6.07) is 15.9. The van der Waals surface area contributed by atoms with Gasteiger partial charge in [0.1, 0.15) is 17.8 Å². The molecule has 4 rings (SSSR count). The van der Waals surface area contributed by atoms with E-state index >= 15 is 0 Å². The van der Waals surface area contributed by atoms with Crippen molar-refractivity contribution in [2.24, 2.45) is 0 Å². The maximum Gasteiger partial charge on any atom is 0.250 e. The number of hydrogen-bond donors (Lipinski definition) is 1. The van der Waals surface area contributed by atoms with E-state index in [2.05, 4.69) is 5.32 Å². The molecule has 0 atom stereocenters. The number of methoxy groups -OCH3 is 1. The highest BCUT2D eigenvalue weighted by Crippen LogP contribution is 2.40. The second-order valence-corrected chi connectivity index (χ2v) is 11.2. The van der Waals surface area contributed by atoms with Crippen molar-refractivity contribution in [3.05, 3.63) is 54.6 Å². The first-order valence-electron chi connectivity index (χ1n) is 11.7. The fraction of sp³-hybridized carbons (Fsp3) is 0.440. The Bertz CT molecular complexity index is 1160. The van der Waals surface area contributed by atoms with Crippen LogP contribution in [0.25, 0.3) is 0 Å². The molecule has 2 aromatic carbocycles. The van der Waals surface area contributed by atoms with Crippen LogP contribution in [0.3, 0.4) is 0 Å². The van der Waals surface area contributed by atoms with Gasteiger partial charge in [-0.1, -0.05) is 18.2 Å². The quantitative estimate of drug-likeness (QED) is 0.625. The van der Waals surface area contributed by atoms with Crippen LogP contribution in [0.1, 0.15) is 26.7 Å². The average Bonchev–Trinajstić information content (AvgIpc) is 3.10. The Kier molecular flexibility index (Phi) is 7.05. The highest BCUT2D eigenvalue weighted by atomic mass is 32.2. The third-order valence-corrected chi connectivity index (χ3v) is 8.53. The number of piperidine rings is 1. The molecule has 2 fully saturated rings. The van der Waals surface area contributed by atoms with Crippen LogP contribution < -0.4 is 15.0 Å². The van der Waals surface area contributed by atoms with E-state index in [4.69, 9.17) is 4.74 Å². The molecule has 0 aliphatic carbocycles. The Morgan fingerprint density at radius 1 is 1.06 bits per heavy atom. The van der Waals surface area contributed by atoms with Crippen molar-refractivity contribution in [3.63, 3.8) is 0 Å². The van der Waals surface area contributed by atoms with E-state index in [9.17, 15) is 18.0 Å². The first-order chi connectivity index (χ1) is 16.7. The van der Waals surface area contributed by atoms with Gasteiger partial charge in [0.15, 0.2) is 0 Å². The lowest BCUT2D eigenvalue weighted by Crippen LogP contribution is -2.57. The normalized spacial score (nSPS) is 18.3. The molecular weight excluding hydrogens is 468 g/mol. The topological polar surface area (TPSA) is 99.3 Å². The SMILES string of the molecule is COc1ccc(S(=O)(=O)N2CCC3(CC2)C(=O)N(CC(=O)NC(C)C)CN3c2ccccc2)cc1. The molecule has 2 aromatic rings. The third kappa shape index (κ3) is 4.85. The van der Waals surface area contributed by atoms with Crippen LogP contribution in [0.4, 0.5) is 5.69 Å². The van der Waals surface area contributed by atoms with Crippen LogP contribution in [0.15, 0.2) is 59.5 Å².